The molecule has 11 heavy (non-hydrogen) atoms. The van der Waals surface area contributed by atoms with E-state index in [1.165, 1.54) is 0 Å². The van der Waals surface area contributed by atoms with Crippen molar-refractivity contribution in [3.05, 3.63) is 12.7 Å². The molecule has 1 aliphatic heterocycles. The highest BCUT2D eigenvalue weighted by Crippen LogP contribution is 2.13. The second-order valence-corrected chi connectivity index (χ2v) is 2.75. The maximum absolute atomic E-state index is 11.1. The molecule has 0 radical (unpaired) electrons. The summed E-state index contributed by atoms with van der Waals surface area (Å²) in [5.74, 6) is 0.0560. The molecule has 1 aliphatic rings. The third-order valence-electron chi connectivity index (χ3n) is 1.72. The molecule has 0 fully saturated rings. The molecule has 0 bridgehead atoms. The molecule has 0 aromatic carbocycles. The van der Waals surface area contributed by atoms with Crippen LogP contribution >= 0.6 is 0 Å². The molecule has 1 rings (SSSR count). The van der Waals surface area contributed by atoms with Crippen LogP contribution in [0.15, 0.2) is 17.8 Å². The molecule has 3 nitrogen and oxygen atoms in total. The zero-order valence-electron chi connectivity index (χ0n) is 6.63. The standard InChI is InChI=1S/C8H12N2O/c1-3-4-7-5-6(2)9-10-8(7)11/h3,7H,1,4-5H2,2H3,(H,10,11)/t7-/m0/s1. The van der Waals surface area contributed by atoms with E-state index in [9.17, 15) is 4.79 Å². The van der Waals surface area contributed by atoms with E-state index >= 15 is 0 Å². The predicted molar refractivity (Wildman–Crippen MR) is 44.2 cm³/mol. The molecule has 0 saturated carbocycles. The predicted octanol–water partition coefficient (Wildman–Crippen LogP) is 1.07. The first-order valence-corrected chi connectivity index (χ1v) is 3.68. The van der Waals surface area contributed by atoms with Gasteiger partial charge in [-0.1, -0.05) is 6.08 Å². The van der Waals surface area contributed by atoms with E-state index in [0.29, 0.717) is 0 Å². The van der Waals surface area contributed by atoms with E-state index in [0.717, 1.165) is 18.6 Å². The van der Waals surface area contributed by atoms with E-state index in [-0.39, 0.29) is 11.8 Å². The van der Waals surface area contributed by atoms with Gasteiger partial charge in [0.1, 0.15) is 0 Å². The Labute approximate surface area is 66.2 Å². The van der Waals surface area contributed by atoms with Crippen molar-refractivity contribution >= 4 is 11.6 Å². The first-order chi connectivity index (χ1) is 5.24. The average Bonchev–Trinajstić information content (AvgIpc) is 1.98. The van der Waals surface area contributed by atoms with E-state index in [1.807, 2.05) is 6.92 Å². The molecule has 0 saturated heterocycles. The van der Waals surface area contributed by atoms with Crippen LogP contribution in [0.2, 0.25) is 0 Å². The second-order valence-electron chi connectivity index (χ2n) is 2.75. The fourth-order valence-electron chi connectivity index (χ4n) is 1.13. The summed E-state index contributed by atoms with van der Waals surface area (Å²) in [6.45, 7) is 5.51. The topological polar surface area (TPSA) is 41.5 Å². The van der Waals surface area contributed by atoms with Gasteiger partial charge in [-0.15, -0.1) is 6.58 Å². The SMILES string of the molecule is C=CC[C@H]1CC(C)=NNC1=O. The highest BCUT2D eigenvalue weighted by molar-refractivity contribution is 5.92. The van der Waals surface area contributed by atoms with Crippen molar-refractivity contribution in [1.82, 2.24) is 5.43 Å². The summed E-state index contributed by atoms with van der Waals surface area (Å²) >= 11 is 0. The van der Waals surface area contributed by atoms with Crippen molar-refractivity contribution in [3.8, 4) is 0 Å². The quantitative estimate of drug-likeness (QED) is 0.591. The number of allylic oxidation sites excluding steroid dienone is 1. The van der Waals surface area contributed by atoms with Crippen LogP contribution in [0.4, 0.5) is 0 Å². The number of carbonyl (C=O) groups excluding carboxylic acids is 1. The molecule has 0 aromatic heterocycles. The van der Waals surface area contributed by atoms with Gasteiger partial charge in [-0.05, 0) is 19.8 Å². The third kappa shape index (κ3) is 1.90. The summed E-state index contributed by atoms with van der Waals surface area (Å²) in [5, 5.41) is 3.83. The van der Waals surface area contributed by atoms with Gasteiger partial charge in [-0.2, -0.15) is 5.10 Å². The highest BCUT2D eigenvalue weighted by atomic mass is 16.2. The molecule has 60 valence electrons. The minimum absolute atomic E-state index is 0.00972. The summed E-state index contributed by atoms with van der Waals surface area (Å²) in [4.78, 5) is 11.1. The molecule has 3 heteroatoms. The molecular weight excluding hydrogens is 140 g/mol. The molecular formula is C8H12N2O. The Morgan fingerprint density at radius 2 is 2.64 bits per heavy atom. The van der Waals surface area contributed by atoms with Gasteiger partial charge in [0.2, 0.25) is 5.91 Å². The molecule has 0 aromatic rings. The van der Waals surface area contributed by atoms with Crippen LogP contribution < -0.4 is 5.43 Å². The summed E-state index contributed by atoms with van der Waals surface area (Å²) in [5.41, 5.74) is 3.45. The lowest BCUT2D eigenvalue weighted by atomic mass is 9.97. The minimum atomic E-state index is 0.00972. The van der Waals surface area contributed by atoms with E-state index in [2.05, 4.69) is 17.1 Å². The molecule has 0 aliphatic carbocycles. The summed E-state index contributed by atoms with van der Waals surface area (Å²) in [6.07, 6.45) is 3.26. The number of hydrogen-bond donors (Lipinski definition) is 1. The van der Waals surface area contributed by atoms with E-state index in [1.54, 1.807) is 6.08 Å². The van der Waals surface area contributed by atoms with Crippen LogP contribution in [0.5, 0.6) is 0 Å². The number of amides is 1. The van der Waals surface area contributed by atoms with Crippen molar-refractivity contribution in [2.24, 2.45) is 11.0 Å². The lowest BCUT2D eigenvalue weighted by Gasteiger charge is -2.17. The summed E-state index contributed by atoms with van der Waals surface area (Å²) in [7, 11) is 0. The fourth-order valence-corrected chi connectivity index (χ4v) is 1.13. The fraction of sp³-hybridized carbons (Fsp3) is 0.500. The van der Waals surface area contributed by atoms with Crippen LogP contribution in [-0.4, -0.2) is 11.6 Å². The third-order valence-corrected chi connectivity index (χ3v) is 1.72. The number of hydrogen-bond acceptors (Lipinski definition) is 2. The van der Waals surface area contributed by atoms with Crippen molar-refractivity contribution < 1.29 is 4.79 Å². The average molecular weight is 152 g/mol. The Bertz CT molecular complexity index is 208. The van der Waals surface area contributed by atoms with Crippen molar-refractivity contribution in [2.75, 3.05) is 0 Å². The Morgan fingerprint density at radius 3 is 3.27 bits per heavy atom. The number of hydrazone groups is 1. The van der Waals surface area contributed by atoms with Crippen molar-refractivity contribution in [2.45, 2.75) is 19.8 Å². The van der Waals surface area contributed by atoms with Gasteiger partial charge in [0.25, 0.3) is 0 Å². The summed E-state index contributed by atoms with van der Waals surface area (Å²) in [6, 6.07) is 0. The molecule has 1 amide bonds. The zero-order valence-corrected chi connectivity index (χ0v) is 6.63. The van der Waals surface area contributed by atoms with Crippen LogP contribution in [-0.2, 0) is 4.79 Å². The van der Waals surface area contributed by atoms with Gasteiger partial charge in [-0.3, -0.25) is 4.79 Å². The van der Waals surface area contributed by atoms with Gasteiger partial charge in [0.05, 0.1) is 0 Å². The normalized spacial score (nSPS) is 23.9. The molecule has 0 spiro atoms. The lowest BCUT2D eigenvalue weighted by molar-refractivity contribution is -0.125. The van der Waals surface area contributed by atoms with Gasteiger partial charge >= 0.3 is 0 Å². The number of rotatable bonds is 2. The molecule has 0 unspecified atom stereocenters. The van der Waals surface area contributed by atoms with E-state index < -0.39 is 0 Å². The lowest BCUT2D eigenvalue weighted by Crippen LogP contribution is -2.33. The van der Waals surface area contributed by atoms with Crippen LogP contribution in [0.1, 0.15) is 19.8 Å². The van der Waals surface area contributed by atoms with Crippen LogP contribution in [0.3, 0.4) is 0 Å². The Kier molecular flexibility index (Phi) is 2.41. The Balaban J connectivity index is 2.59. The first kappa shape index (κ1) is 7.98. The van der Waals surface area contributed by atoms with Crippen LogP contribution in [0.25, 0.3) is 0 Å². The molecule has 1 N–H and O–H groups in total. The summed E-state index contributed by atoms with van der Waals surface area (Å²) < 4.78 is 0. The van der Waals surface area contributed by atoms with Gasteiger partial charge in [0.15, 0.2) is 0 Å². The van der Waals surface area contributed by atoms with Crippen molar-refractivity contribution in [1.29, 1.82) is 0 Å². The first-order valence-electron chi connectivity index (χ1n) is 3.68. The molecule has 1 heterocycles. The number of nitrogens with one attached hydrogen (secondary N) is 1. The van der Waals surface area contributed by atoms with Crippen LogP contribution in [0, 0.1) is 5.92 Å². The Hall–Kier alpha value is -1.12. The monoisotopic (exact) mass is 152 g/mol. The molecule has 1 atom stereocenters. The largest absolute Gasteiger partial charge is 0.273 e. The number of carbonyl (C=O) groups is 1. The Morgan fingerprint density at radius 1 is 1.91 bits per heavy atom. The highest BCUT2D eigenvalue weighted by Gasteiger charge is 2.20. The second kappa shape index (κ2) is 3.32. The smallest absolute Gasteiger partial charge is 0.243 e. The van der Waals surface area contributed by atoms with E-state index in [4.69, 9.17) is 0 Å². The van der Waals surface area contributed by atoms with Gasteiger partial charge in [0, 0.05) is 11.6 Å². The minimum Gasteiger partial charge on any atom is -0.273 e. The maximum atomic E-state index is 11.1. The van der Waals surface area contributed by atoms with Crippen molar-refractivity contribution in [3.63, 3.8) is 0 Å². The zero-order chi connectivity index (χ0) is 8.27. The van der Waals surface area contributed by atoms with Gasteiger partial charge in [-0.25, -0.2) is 5.43 Å². The number of nitrogens with zero attached hydrogens (tertiary/aromatic N) is 1. The maximum Gasteiger partial charge on any atom is 0.243 e. The van der Waals surface area contributed by atoms with Gasteiger partial charge < -0.3 is 0 Å².